The molecule has 0 aliphatic carbocycles. The molecule has 4 nitrogen and oxygen atoms in total. The molecule has 4 heteroatoms. The average molecular weight is 267 g/mol. The number of hydrogen-bond donors (Lipinski definition) is 1. The van der Waals surface area contributed by atoms with Crippen molar-refractivity contribution in [3.63, 3.8) is 0 Å². The van der Waals surface area contributed by atoms with E-state index in [2.05, 4.69) is 35.9 Å². The normalized spacial score (nSPS) is 33.4. The molecule has 2 aliphatic rings. The lowest BCUT2D eigenvalue weighted by Gasteiger charge is -2.40. The van der Waals surface area contributed by atoms with Crippen LogP contribution in [-0.2, 0) is 4.79 Å². The third kappa shape index (κ3) is 3.69. The van der Waals surface area contributed by atoms with E-state index in [-0.39, 0.29) is 0 Å². The second-order valence-electron chi connectivity index (χ2n) is 6.23. The van der Waals surface area contributed by atoms with Crippen LogP contribution < -0.4 is 5.32 Å². The smallest absolute Gasteiger partial charge is 0.237 e. The molecular weight excluding hydrogens is 238 g/mol. The van der Waals surface area contributed by atoms with Crippen molar-refractivity contribution >= 4 is 5.91 Å². The molecule has 2 heterocycles. The van der Waals surface area contributed by atoms with Crippen LogP contribution in [0.4, 0.5) is 0 Å². The molecule has 2 rings (SSSR count). The first-order valence-electron chi connectivity index (χ1n) is 7.88. The Labute approximate surface area is 117 Å². The zero-order valence-electron chi connectivity index (χ0n) is 12.7. The van der Waals surface area contributed by atoms with Crippen molar-refractivity contribution < 1.29 is 4.79 Å². The fourth-order valence-corrected chi connectivity index (χ4v) is 3.34. The van der Waals surface area contributed by atoms with Gasteiger partial charge in [0.05, 0.1) is 6.54 Å². The summed E-state index contributed by atoms with van der Waals surface area (Å²) < 4.78 is 0. The van der Waals surface area contributed by atoms with Crippen LogP contribution in [0.5, 0.6) is 0 Å². The zero-order valence-corrected chi connectivity index (χ0v) is 12.7. The quantitative estimate of drug-likeness (QED) is 0.841. The number of likely N-dealkylation sites (tertiary alicyclic amines) is 1. The number of piperidine rings is 1. The van der Waals surface area contributed by atoms with Crippen molar-refractivity contribution in [2.45, 2.75) is 64.6 Å². The third-order valence-corrected chi connectivity index (χ3v) is 4.65. The Balaban J connectivity index is 1.91. The van der Waals surface area contributed by atoms with E-state index in [0.29, 0.717) is 30.6 Å². The van der Waals surface area contributed by atoms with Gasteiger partial charge in [0.15, 0.2) is 0 Å². The maximum absolute atomic E-state index is 12.6. The van der Waals surface area contributed by atoms with Gasteiger partial charge in [-0.25, -0.2) is 0 Å². The van der Waals surface area contributed by atoms with E-state index < -0.39 is 0 Å². The fourth-order valence-electron chi connectivity index (χ4n) is 3.34. The molecule has 0 radical (unpaired) electrons. The summed E-state index contributed by atoms with van der Waals surface area (Å²) in [5.41, 5.74) is 0. The summed E-state index contributed by atoms with van der Waals surface area (Å²) in [7, 11) is 0. The lowest BCUT2D eigenvalue weighted by molar-refractivity contribution is -0.137. The minimum Gasteiger partial charge on any atom is -0.339 e. The van der Waals surface area contributed by atoms with Gasteiger partial charge in [0, 0.05) is 37.8 Å². The number of hydrogen-bond acceptors (Lipinski definition) is 3. The summed E-state index contributed by atoms with van der Waals surface area (Å²) in [6, 6.07) is 1.44. The Hall–Kier alpha value is -0.610. The summed E-state index contributed by atoms with van der Waals surface area (Å²) in [6.45, 7) is 10.1. The minimum absolute atomic E-state index is 0.340. The maximum Gasteiger partial charge on any atom is 0.237 e. The predicted molar refractivity (Wildman–Crippen MR) is 78.1 cm³/mol. The number of amides is 1. The van der Waals surface area contributed by atoms with Gasteiger partial charge < -0.3 is 10.2 Å². The Bertz CT molecular complexity index is 308. The minimum atomic E-state index is 0.340. The number of carbonyl (C=O) groups is 1. The van der Waals surface area contributed by atoms with Gasteiger partial charge in [-0.15, -0.1) is 0 Å². The largest absolute Gasteiger partial charge is 0.339 e. The highest BCUT2D eigenvalue weighted by atomic mass is 16.2. The maximum atomic E-state index is 12.6. The van der Waals surface area contributed by atoms with E-state index in [1.807, 2.05) is 0 Å². The van der Waals surface area contributed by atoms with Crippen molar-refractivity contribution in [2.24, 2.45) is 0 Å². The molecule has 2 saturated heterocycles. The van der Waals surface area contributed by atoms with E-state index in [1.165, 1.54) is 19.3 Å². The molecule has 0 bridgehead atoms. The highest BCUT2D eigenvalue weighted by Crippen LogP contribution is 2.20. The third-order valence-electron chi connectivity index (χ3n) is 4.65. The van der Waals surface area contributed by atoms with Crippen molar-refractivity contribution in [1.82, 2.24) is 15.1 Å². The predicted octanol–water partition coefficient (Wildman–Crippen LogP) is 1.46. The highest BCUT2D eigenvalue weighted by molar-refractivity contribution is 5.78. The van der Waals surface area contributed by atoms with Crippen LogP contribution in [-0.4, -0.2) is 60.0 Å². The van der Waals surface area contributed by atoms with Crippen LogP contribution in [0.2, 0.25) is 0 Å². The Kier molecular flexibility index (Phi) is 5.22. The van der Waals surface area contributed by atoms with Gasteiger partial charge in [-0.3, -0.25) is 9.69 Å². The monoisotopic (exact) mass is 267 g/mol. The van der Waals surface area contributed by atoms with Crippen LogP contribution in [0.15, 0.2) is 0 Å². The summed E-state index contributed by atoms with van der Waals surface area (Å²) in [4.78, 5) is 17.0. The lowest BCUT2D eigenvalue weighted by Crippen LogP contribution is -2.57. The zero-order chi connectivity index (χ0) is 13.8. The van der Waals surface area contributed by atoms with Crippen LogP contribution in [0, 0.1) is 0 Å². The molecule has 19 heavy (non-hydrogen) atoms. The molecule has 0 saturated carbocycles. The number of piperazine rings is 1. The fraction of sp³-hybridized carbons (Fsp3) is 0.933. The van der Waals surface area contributed by atoms with Crippen LogP contribution in [0.1, 0.15) is 46.5 Å². The Morgan fingerprint density at radius 1 is 1.32 bits per heavy atom. The standard InChI is InChI=1S/C15H29N3O/c1-4-14-7-5-6-8-18(14)15(19)11-17-10-12(2)16-9-13(17)3/h12-14,16H,4-11H2,1-3H3. The van der Waals surface area contributed by atoms with E-state index in [0.717, 1.165) is 26.1 Å². The highest BCUT2D eigenvalue weighted by Gasteiger charge is 2.29. The Morgan fingerprint density at radius 2 is 2.11 bits per heavy atom. The molecular formula is C15H29N3O. The van der Waals surface area contributed by atoms with E-state index >= 15 is 0 Å². The van der Waals surface area contributed by atoms with Gasteiger partial charge in [-0.05, 0) is 39.5 Å². The number of nitrogens with zero attached hydrogens (tertiary/aromatic N) is 2. The molecule has 3 atom stereocenters. The first-order valence-corrected chi connectivity index (χ1v) is 7.88. The van der Waals surface area contributed by atoms with Crippen LogP contribution in [0.3, 0.4) is 0 Å². The number of nitrogens with one attached hydrogen (secondary N) is 1. The molecule has 2 aliphatic heterocycles. The summed E-state index contributed by atoms with van der Waals surface area (Å²) in [5.74, 6) is 0.340. The molecule has 110 valence electrons. The van der Waals surface area contributed by atoms with Crippen molar-refractivity contribution in [2.75, 3.05) is 26.2 Å². The first kappa shape index (κ1) is 14.8. The number of rotatable bonds is 3. The lowest BCUT2D eigenvalue weighted by atomic mass is 10.00. The summed E-state index contributed by atoms with van der Waals surface area (Å²) in [5, 5.41) is 3.47. The van der Waals surface area contributed by atoms with Gasteiger partial charge in [-0.2, -0.15) is 0 Å². The van der Waals surface area contributed by atoms with Gasteiger partial charge in [-0.1, -0.05) is 6.92 Å². The molecule has 0 aromatic rings. The second kappa shape index (κ2) is 6.71. The molecule has 1 amide bonds. The van der Waals surface area contributed by atoms with E-state index in [9.17, 15) is 4.79 Å². The van der Waals surface area contributed by atoms with Crippen LogP contribution >= 0.6 is 0 Å². The average Bonchev–Trinajstić information content (AvgIpc) is 2.42. The van der Waals surface area contributed by atoms with E-state index in [4.69, 9.17) is 0 Å². The SMILES string of the molecule is CCC1CCCCN1C(=O)CN1CC(C)NCC1C. The van der Waals surface area contributed by atoms with Gasteiger partial charge in [0.1, 0.15) is 0 Å². The Morgan fingerprint density at radius 3 is 2.84 bits per heavy atom. The molecule has 0 aromatic carbocycles. The molecule has 0 spiro atoms. The van der Waals surface area contributed by atoms with Crippen molar-refractivity contribution in [1.29, 1.82) is 0 Å². The molecule has 2 fully saturated rings. The molecule has 0 aromatic heterocycles. The molecule has 1 N–H and O–H groups in total. The van der Waals surface area contributed by atoms with E-state index in [1.54, 1.807) is 0 Å². The van der Waals surface area contributed by atoms with Crippen LogP contribution in [0.25, 0.3) is 0 Å². The molecule has 3 unspecified atom stereocenters. The summed E-state index contributed by atoms with van der Waals surface area (Å²) >= 11 is 0. The van der Waals surface area contributed by atoms with Gasteiger partial charge >= 0.3 is 0 Å². The second-order valence-corrected chi connectivity index (χ2v) is 6.23. The van der Waals surface area contributed by atoms with Gasteiger partial charge in [0.2, 0.25) is 5.91 Å². The van der Waals surface area contributed by atoms with Crippen molar-refractivity contribution in [3.05, 3.63) is 0 Å². The number of carbonyl (C=O) groups excluding carboxylic acids is 1. The first-order chi connectivity index (χ1) is 9.11. The van der Waals surface area contributed by atoms with Gasteiger partial charge in [0.25, 0.3) is 0 Å². The topological polar surface area (TPSA) is 35.6 Å². The summed E-state index contributed by atoms with van der Waals surface area (Å²) in [6.07, 6.45) is 4.74. The van der Waals surface area contributed by atoms with Crippen molar-refractivity contribution in [3.8, 4) is 0 Å².